The lowest BCUT2D eigenvalue weighted by Crippen LogP contribution is -2.48. The summed E-state index contributed by atoms with van der Waals surface area (Å²) in [6.07, 6.45) is -0.372. The molecule has 118 valence electrons. The van der Waals surface area contributed by atoms with Crippen molar-refractivity contribution in [3.05, 3.63) is 0 Å². The Balaban J connectivity index is 4.73. The van der Waals surface area contributed by atoms with Gasteiger partial charge in [-0.05, 0) is 54.9 Å². The number of carbonyl (C=O) groups is 2. The van der Waals surface area contributed by atoms with Gasteiger partial charge in [0.25, 0.3) is 0 Å². The minimum Gasteiger partial charge on any atom is -0.458 e. The Labute approximate surface area is 121 Å². The van der Waals surface area contributed by atoms with Crippen LogP contribution < -0.4 is 11.1 Å². The molecule has 0 fully saturated rings. The van der Waals surface area contributed by atoms with Crippen molar-refractivity contribution in [1.82, 2.24) is 5.32 Å². The Kier molecular flexibility index (Phi) is 6.47. The maximum Gasteiger partial charge on any atom is 0.408 e. The molecule has 0 bridgehead atoms. The van der Waals surface area contributed by atoms with E-state index in [1.807, 2.05) is 0 Å². The van der Waals surface area contributed by atoms with Gasteiger partial charge in [-0.15, -0.1) is 0 Å². The molecule has 0 aliphatic heterocycles. The van der Waals surface area contributed by atoms with Gasteiger partial charge in [0, 0.05) is 6.04 Å². The van der Waals surface area contributed by atoms with E-state index in [4.69, 9.17) is 15.2 Å². The third kappa shape index (κ3) is 9.61. The minimum absolute atomic E-state index is 0.248. The summed E-state index contributed by atoms with van der Waals surface area (Å²) < 4.78 is 10.4. The van der Waals surface area contributed by atoms with Gasteiger partial charge in [0.2, 0.25) is 0 Å². The van der Waals surface area contributed by atoms with Gasteiger partial charge in [-0.3, -0.25) is 0 Å². The molecule has 6 nitrogen and oxygen atoms in total. The van der Waals surface area contributed by atoms with Crippen LogP contribution in [-0.4, -0.2) is 35.3 Å². The highest BCUT2D eigenvalue weighted by molar-refractivity contribution is 5.81. The fourth-order valence-electron chi connectivity index (χ4n) is 1.41. The van der Waals surface area contributed by atoms with Gasteiger partial charge in [-0.2, -0.15) is 0 Å². The summed E-state index contributed by atoms with van der Waals surface area (Å²) in [7, 11) is 0. The van der Waals surface area contributed by atoms with E-state index in [9.17, 15) is 9.59 Å². The lowest BCUT2D eigenvalue weighted by atomic mass is 10.1. The zero-order valence-corrected chi connectivity index (χ0v) is 13.6. The van der Waals surface area contributed by atoms with Crippen LogP contribution in [0.4, 0.5) is 4.79 Å². The van der Waals surface area contributed by atoms with Crippen LogP contribution in [0.3, 0.4) is 0 Å². The number of nitrogens with one attached hydrogen (secondary N) is 1. The van der Waals surface area contributed by atoms with Crippen LogP contribution in [0.25, 0.3) is 0 Å². The van der Waals surface area contributed by atoms with Crippen LogP contribution in [0.1, 0.15) is 54.9 Å². The predicted octanol–water partition coefficient (Wildman–Crippen LogP) is 1.96. The second-order valence-electron chi connectivity index (χ2n) is 6.95. The molecule has 6 heteroatoms. The van der Waals surface area contributed by atoms with E-state index < -0.39 is 29.3 Å². The van der Waals surface area contributed by atoms with Crippen molar-refractivity contribution >= 4 is 12.1 Å². The van der Waals surface area contributed by atoms with Crippen LogP contribution in [0.2, 0.25) is 0 Å². The highest BCUT2D eigenvalue weighted by Crippen LogP contribution is 2.12. The normalized spacial score (nSPS) is 15.2. The first kappa shape index (κ1) is 18.7. The van der Waals surface area contributed by atoms with Gasteiger partial charge in [0.1, 0.15) is 17.2 Å². The Morgan fingerprint density at radius 2 is 1.50 bits per heavy atom. The molecule has 0 aromatic heterocycles. The third-order valence-electron chi connectivity index (χ3n) is 1.99. The summed E-state index contributed by atoms with van der Waals surface area (Å²) in [5.41, 5.74) is 4.45. The number of rotatable bonds is 4. The van der Waals surface area contributed by atoms with E-state index in [0.717, 1.165) is 0 Å². The topological polar surface area (TPSA) is 90.6 Å². The number of hydrogen-bond acceptors (Lipinski definition) is 5. The number of alkyl carbamates (subject to hydrolysis) is 1. The Morgan fingerprint density at radius 3 is 1.85 bits per heavy atom. The molecule has 0 heterocycles. The molecule has 2 atom stereocenters. The molecule has 0 aliphatic carbocycles. The summed E-state index contributed by atoms with van der Waals surface area (Å²) in [6.45, 7) is 12.3. The molecule has 1 amide bonds. The zero-order chi connectivity index (χ0) is 16.1. The molecule has 0 radical (unpaired) electrons. The van der Waals surface area contributed by atoms with Crippen molar-refractivity contribution in [3.63, 3.8) is 0 Å². The molecule has 0 unspecified atom stereocenters. The van der Waals surface area contributed by atoms with Gasteiger partial charge >= 0.3 is 12.1 Å². The van der Waals surface area contributed by atoms with Gasteiger partial charge in [0.05, 0.1) is 0 Å². The molecule has 0 aromatic carbocycles. The van der Waals surface area contributed by atoms with E-state index in [1.54, 1.807) is 48.5 Å². The molecule has 0 spiro atoms. The van der Waals surface area contributed by atoms with E-state index in [-0.39, 0.29) is 12.5 Å². The largest absolute Gasteiger partial charge is 0.458 e. The smallest absolute Gasteiger partial charge is 0.408 e. The Hall–Kier alpha value is -1.30. The lowest BCUT2D eigenvalue weighted by molar-refractivity contribution is -0.157. The van der Waals surface area contributed by atoms with E-state index in [2.05, 4.69) is 5.32 Å². The van der Waals surface area contributed by atoms with Crippen LogP contribution in [0.5, 0.6) is 0 Å². The van der Waals surface area contributed by atoms with E-state index >= 15 is 0 Å². The monoisotopic (exact) mass is 288 g/mol. The number of esters is 1. The van der Waals surface area contributed by atoms with E-state index in [0.29, 0.717) is 0 Å². The Bertz CT molecular complexity index is 340. The summed E-state index contributed by atoms with van der Waals surface area (Å²) in [5.74, 6) is -0.513. The van der Waals surface area contributed by atoms with Gasteiger partial charge < -0.3 is 20.5 Å². The van der Waals surface area contributed by atoms with Crippen LogP contribution in [0.15, 0.2) is 0 Å². The molecule has 0 rings (SSSR count). The first-order chi connectivity index (χ1) is 8.80. The van der Waals surface area contributed by atoms with Gasteiger partial charge in [-0.25, -0.2) is 9.59 Å². The molecule has 0 saturated heterocycles. The molecule has 3 N–H and O–H groups in total. The number of carbonyl (C=O) groups excluding carboxylic acids is 2. The number of ether oxygens (including phenoxy) is 2. The van der Waals surface area contributed by atoms with Crippen molar-refractivity contribution in [2.75, 3.05) is 0 Å². The van der Waals surface area contributed by atoms with Crippen LogP contribution >= 0.6 is 0 Å². The first-order valence-corrected chi connectivity index (χ1v) is 6.78. The molecular formula is C14H28N2O4. The number of hydrogen-bond donors (Lipinski definition) is 2. The van der Waals surface area contributed by atoms with Crippen molar-refractivity contribution in [1.29, 1.82) is 0 Å². The average Bonchev–Trinajstić information content (AvgIpc) is 2.09. The van der Waals surface area contributed by atoms with Gasteiger partial charge in [-0.1, -0.05) is 0 Å². The molecule has 0 saturated carbocycles. The SMILES string of the molecule is C[C@H](N)C[C@H](NC(=O)OC(C)(C)C)C(=O)OC(C)(C)C. The number of amides is 1. The molecule has 20 heavy (non-hydrogen) atoms. The quantitative estimate of drug-likeness (QED) is 0.772. The Morgan fingerprint density at radius 1 is 1.05 bits per heavy atom. The second-order valence-corrected chi connectivity index (χ2v) is 6.95. The summed E-state index contributed by atoms with van der Waals surface area (Å²) in [4.78, 5) is 23.8. The predicted molar refractivity (Wildman–Crippen MR) is 77.3 cm³/mol. The van der Waals surface area contributed by atoms with E-state index in [1.165, 1.54) is 0 Å². The third-order valence-corrected chi connectivity index (χ3v) is 1.99. The van der Waals surface area contributed by atoms with Crippen molar-refractivity contribution in [2.45, 2.75) is 78.2 Å². The standard InChI is InChI=1S/C14H28N2O4/c1-9(15)8-10(11(17)19-13(2,3)4)16-12(18)20-14(5,6)7/h9-10H,8,15H2,1-7H3,(H,16,18)/t9-,10-/m0/s1. The summed E-state index contributed by atoms with van der Waals surface area (Å²) in [6, 6.07) is -1.06. The van der Waals surface area contributed by atoms with Crippen molar-refractivity contribution in [3.8, 4) is 0 Å². The lowest BCUT2D eigenvalue weighted by Gasteiger charge is -2.26. The highest BCUT2D eigenvalue weighted by atomic mass is 16.6. The van der Waals surface area contributed by atoms with Crippen LogP contribution in [0, 0.1) is 0 Å². The van der Waals surface area contributed by atoms with Gasteiger partial charge in [0.15, 0.2) is 0 Å². The summed E-state index contributed by atoms with van der Waals surface area (Å²) in [5, 5.41) is 2.51. The fraction of sp³-hybridized carbons (Fsp3) is 0.857. The average molecular weight is 288 g/mol. The maximum atomic E-state index is 12.0. The van der Waals surface area contributed by atoms with Crippen molar-refractivity contribution < 1.29 is 19.1 Å². The van der Waals surface area contributed by atoms with Crippen molar-refractivity contribution in [2.24, 2.45) is 5.73 Å². The zero-order valence-electron chi connectivity index (χ0n) is 13.6. The second kappa shape index (κ2) is 6.92. The fourth-order valence-corrected chi connectivity index (χ4v) is 1.41. The highest BCUT2D eigenvalue weighted by Gasteiger charge is 2.29. The molecule has 0 aliphatic rings. The maximum absolute atomic E-state index is 12.0. The molecule has 0 aromatic rings. The van der Waals surface area contributed by atoms with Crippen LogP contribution in [-0.2, 0) is 14.3 Å². The first-order valence-electron chi connectivity index (χ1n) is 6.78. The summed E-state index contributed by atoms with van der Waals surface area (Å²) >= 11 is 0. The minimum atomic E-state index is -0.816. The molecular weight excluding hydrogens is 260 g/mol. The number of nitrogens with two attached hydrogens (primary N) is 1.